The first-order valence-corrected chi connectivity index (χ1v) is 11.3. The second-order valence-electron chi connectivity index (χ2n) is 5.19. The maximum atomic E-state index is 2.24. The van der Waals surface area contributed by atoms with Crippen LogP contribution in [0.2, 0.25) is 0 Å². The van der Waals surface area contributed by atoms with Crippen LogP contribution in [0.4, 0.5) is 0 Å². The van der Waals surface area contributed by atoms with E-state index in [1.165, 1.54) is 32.7 Å². The Kier molecular flexibility index (Phi) is 6.38. The van der Waals surface area contributed by atoms with E-state index in [9.17, 15) is 0 Å². The summed E-state index contributed by atoms with van der Waals surface area (Å²) in [5.41, 5.74) is 2.81. The monoisotopic (exact) mass is 336 g/mol. The van der Waals surface area contributed by atoms with Crippen LogP contribution < -0.4 is 0 Å². The first kappa shape index (κ1) is 17.0. The molecule has 0 unspecified atom stereocenters. The Hall–Kier alpha value is -1.41. The standard InChI is InChI=1S/C11H11.C9H7.H2Si.Ti/c1-8-7-10-5-3-4-6-11(10)9(8)2;1-2-5-9-7-3-6-8(9)4-1;;/h3-7H,1-2H3;1-7H;1H2;/q2*-1;;+2. The zero-order valence-electron chi connectivity index (χ0n) is 13.1. The van der Waals surface area contributed by atoms with E-state index >= 15 is 0 Å². The van der Waals surface area contributed by atoms with Gasteiger partial charge in [-0.1, -0.05) is 26.0 Å². The number of fused-ring (bicyclic) bond motifs is 2. The van der Waals surface area contributed by atoms with Crippen molar-refractivity contribution in [1.82, 2.24) is 0 Å². The summed E-state index contributed by atoms with van der Waals surface area (Å²) < 4.78 is 0. The van der Waals surface area contributed by atoms with Gasteiger partial charge in [0.1, 0.15) is 0 Å². The third-order valence-electron chi connectivity index (χ3n) is 3.88. The van der Waals surface area contributed by atoms with Gasteiger partial charge in [-0.25, -0.2) is 0 Å². The molecule has 0 heterocycles. The van der Waals surface area contributed by atoms with E-state index in [0.717, 1.165) is 0 Å². The minimum atomic E-state index is 1.33. The predicted molar refractivity (Wildman–Crippen MR) is 97.1 cm³/mol. The fraction of sp³-hybridized carbons (Fsp3) is 0.100. The predicted octanol–water partition coefficient (Wildman–Crippen LogP) is 4.82. The van der Waals surface area contributed by atoms with Crippen LogP contribution in [0.5, 0.6) is 0 Å². The Labute approximate surface area is 145 Å². The molecule has 0 aromatic heterocycles. The van der Waals surface area contributed by atoms with Crippen molar-refractivity contribution in [2.45, 2.75) is 13.8 Å². The molecule has 0 atom stereocenters. The molecule has 4 aromatic carbocycles. The summed E-state index contributed by atoms with van der Waals surface area (Å²) in [5, 5.41) is 5.42. The van der Waals surface area contributed by atoms with Gasteiger partial charge >= 0.3 is 26.8 Å². The van der Waals surface area contributed by atoms with Gasteiger partial charge in [0.15, 0.2) is 0 Å². The van der Waals surface area contributed by atoms with Crippen LogP contribution in [0.25, 0.3) is 21.5 Å². The fourth-order valence-corrected chi connectivity index (χ4v) is 2.59. The second-order valence-corrected chi connectivity index (χ2v) is 5.19. The van der Waals surface area contributed by atoms with Crippen molar-refractivity contribution in [1.29, 1.82) is 0 Å². The van der Waals surface area contributed by atoms with Crippen LogP contribution in [0.3, 0.4) is 0 Å². The first-order valence-electron chi connectivity index (χ1n) is 7.33. The summed E-state index contributed by atoms with van der Waals surface area (Å²) in [6.07, 6.45) is 0. The van der Waals surface area contributed by atoms with Crippen LogP contribution in [-0.4, -0.2) is 7.63 Å². The molecule has 0 radical (unpaired) electrons. The second kappa shape index (κ2) is 8.28. The Morgan fingerprint density at radius 1 is 0.818 bits per heavy atom. The smallest absolute Gasteiger partial charge is 0.0809 e. The van der Waals surface area contributed by atoms with Gasteiger partial charge in [0.25, 0.3) is 0 Å². The van der Waals surface area contributed by atoms with Gasteiger partial charge in [-0.2, -0.15) is 23.1 Å². The van der Waals surface area contributed by atoms with E-state index in [1.54, 1.807) is 0 Å². The van der Waals surface area contributed by atoms with Crippen LogP contribution in [0, 0.1) is 13.8 Å². The Morgan fingerprint density at radius 3 is 2.14 bits per heavy atom. The third-order valence-corrected chi connectivity index (χ3v) is 3.88. The van der Waals surface area contributed by atoms with E-state index in [2.05, 4.69) is 86.6 Å². The number of rotatable bonds is 0. The van der Waals surface area contributed by atoms with Crippen molar-refractivity contribution in [3.8, 4) is 0 Å². The van der Waals surface area contributed by atoms with Crippen LogP contribution in [-0.2, 0) is 19.2 Å². The molecule has 0 bridgehead atoms. The van der Waals surface area contributed by atoms with Crippen molar-refractivity contribution < 1.29 is 19.2 Å². The summed E-state index contributed by atoms with van der Waals surface area (Å²) >= 11 is 2.03. The molecule has 0 aliphatic carbocycles. The molecule has 2 heteroatoms. The van der Waals surface area contributed by atoms with Crippen LogP contribution in [0.15, 0.2) is 72.8 Å². The van der Waals surface area contributed by atoms with Crippen molar-refractivity contribution in [2.75, 3.05) is 0 Å². The summed E-state index contributed by atoms with van der Waals surface area (Å²) in [7, 11) is 1.86. The van der Waals surface area contributed by atoms with Gasteiger partial charge in [-0.05, 0) is 0 Å². The molecule has 0 saturated heterocycles. The van der Waals surface area contributed by atoms with E-state index in [0.29, 0.717) is 0 Å². The Balaban J connectivity index is 0.000000146. The van der Waals surface area contributed by atoms with Crippen LogP contribution >= 0.6 is 0 Å². The zero-order chi connectivity index (χ0) is 15.9. The Bertz CT molecular complexity index is 824. The molecule has 22 heavy (non-hydrogen) atoms. The molecule has 0 N–H and O–H groups in total. The molecule has 4 rings (SSSR count). The summed E-state index contributed by atoms with van der Waals surface area (Å²) in [6, 6.07) is 25.4. The van der Waals surface area contributed by atoms with Crippen molar-refractivity contribution >= 4 is 29.2 Å². The Morgan fingerprint density at radius 2 is 1.45 bits per heavy atom. The molecule has 4 aromatic rings. The molecule has 0 saturated carbocycles. The van der Waals surface area contributed by atoms with Gasteiger partial charge in [0.2, 0.25) is 0 Å². The van der Waals surface area contributed by atoms with E-state index in [4.69, 9.17) is 0 Å². The SMILES string of the molecule is Cc1[cH-]c2ccccc2c1C.[SiH2]=[Ti+2].c1ccc2[cH-]ccc2c1. The maximum absolute atomic E-state index is 2.24. The molecule has 0 amide bonds. The largest absolute Gasteiger partial charge is 0.168 e. The van der Waals surface area contributed by atoms with E-state index in [-0.39, 0.29) is 0 Å². The number of hydrogen-bond acceptors (Lipinski definition) is 0. The minimum absolute atomic E-state index is 1.33. The number of aryl methyl sites for hydroxylation is 2. The summed E-state index contributed by atoms with van der Waals surface area (Å²) in [6.45, 7) is 4.34. The van der Waals surface area contributed by atoms with E-state index in [1.807, 2.05) is 26.8 Å². The number of benzene rings is 2. The van der Waals surface area contributed by atoms with Crippen LogP contribution in [0.1, 0.15) is 11.1 Å². The molecular weight excluding hydrogens is 316 g/mol. The fourth-order valence-electron chi connectivity index (χ4n) is 2.59. The molecule has 0 aliphatic rings. The normalized spacial score (nSPS) is 9.82. The average Bonchev–Trinajstić information content (AvgIpc) is 3.16. The molecule has 0 spiro atoms. The van der Waals surface area contributed by atoms with Gasteiger partial charge < -0.3 is 0 Å². The number of hydrogen-bond donors (Lipinski definition) is 0. The topological polar surface area (TPSA) is 0 Å². The summed E-state index contributed by atoms with van der Waals surface area (Å²) in [4.78, 5) is 0. The molecule has 108 valence electrons. The molecule has 0 fully saturated rings. The molecular formula is C20H20SiTi. The van der Waals surface area contributed by atoms with Crippen molar-refractivity contribution in [2.24, 2.45) is 0 Å². The maximum Gasteiger partial charge on any atom is -0.0809 e. The zero-order valence-corrected chi connectivity index (χ0v) is 16.1. The van der Waals surface area contributed by atoms with Gasteiger partial charge in [-0.3, -0.25) is 0 Å². The van der Waals surface area contributed by atoms with Gasteiger partial charge in [-0.15, -0.1) is 70.3 Å². The van der Waals surface area contributed by atoms with Crippen molar-refractivity contribution in [3.05, 3.63) is 83.9 Å². The quantitative estimate of drug-likeness (QED) is 0.319. The molecule has 0 nitrogen and oxygen atoms in total. The van der Waals surface area contributed by atoms with Crippen molar-refractivity contribution in [3.63, 3.8) is 0 Å². The third kappa shape index (κ3) is 3.86. The van der Waals surface area contributed by atoms with Gasteiger partial charge in [0.05, 0.1) is 0 Å². The first-order chi connectivity index (χ1) is 10.8. The van der Waals surface area contributed by atoms with E-state index < -0.39 is 0 Å². The van der Waals surface area contributed by atoms with Gasteiger partial charge in [0, 0.05) is 0 Å². The molecule has 0 aliphatic heterocycles. The summed E-state index contributed by atoms with van der Waals surface area (Å²) in [5.74, 6) is 0. The minimum Gasteiger partial charge on any atom is -0.168 e. The average molecular weight is 336 g/mol.